The van der Waals surface area contributed by atoms with Gasteiger partial charge in [0.1, 0.15) is 0 Å². The first-order valence-electron chi connectivity index (χ1n) is 5.85. The number of aromatic nitrogens is 3. The van der Waals surface area contributed by atoms with Crippen LogP contribution >= 0.6 is 11.8 Å². The van der Waals surface area contributed by atoms with E-state index in [2.05, 4.69) is 10.2 Å². The molecule has 2 saturated carbocycles. The van der Waals surface area contributed by atoms with Crippen LogP contribution in [0.5, 0.6) is 0 Å². The molecule has 1 heterocycles. The molecule has 0 bridgehead atoms. The van der Waals surface area contributed by atoms with Crippen LogP contribution in [0.25, 0.3) is 0 Å². The SMILES string of the molecule is NC1CCCC1Sc1n[nH]c(=O)n1C1CC1. The Morgan fingerprint density at radius 2 is 2.19 bits per heavy atom. The van der Waals surface area contributed by atoms with Crippen LogP contribution in [0.15, 0.2) is 9.95 Å². The zero-order chi connectivity index (χ0) is 11.1. The second kappa shape index (κ2) is 3.92. The quantitative estimate of drug-likeness (QED) is 0.822. The van der Waals surface area contributed by atoms with E-state index in [1.54, 1.807) is 16.3 Å². The Morgan fingerprint density at radius 3 is 2.81 bits per heavy atom. The first kappa shape index (κ1) is 10.4. The predicted octanol–water partition coefficient (Wildman–Crippen LogP) is 0.878. The fourth-order valence-electron chi connectivity index (χ4n) is 2.26. The van der Waals surface area contributed by atoms with Gasteiger partial charge >= 0.3 is 5.69 Å². The molecule has 3 N–H and O–H groups in total. The highest BCUT2D eigenvalue weighted by atomic mass is 32.2. The molecule has 88 valence electrons. The zero-order valence-corrected chi connectivity index (χ0v) is 9.87. The highest BCUT2D eigenvalue weighted by Gasteiger charge is 2.32. The van der Waals surface area contributed by atoms with E-state index in [9.17, 15) is 4.79 Å². The molecule has 0 aromatic carbocycles. The van der Waals surface area contributed by atoms with E-state index in [0.717, 1.165) is 30.8 Å². The first-order chi connectivity index (χ1) is 7.75. The molecule has 2 aliphatic rings. The second-order valence-corrected chi connectivity index (χ2v) is 5.87. The maximum Gasteiger partial charge on any atom is 0.344 e. The van der Waals surface area contributed by atoms with E-state index >= 15 is 0 Å². The lowest BCUT2D eigenvalue weighted by Crippen LogP contribution is -2.27. The van der Waals surface area contributed by atoms with Gasteiger partial charge in [-0.25, -0.2) is 9.89 Å². The summed E-state index contributed by atoms with van der Waals surface area (Å²) in [6.07, 6.45) is 5.62. The highest BCUT2D eigenvalue weighted by molar-refractivity contribution is 7.99. The standard InChI is InChI=1S/C10H16N4OS/c11-7-2-1-3-8(7)16-10-13-12-9(15)14(10)6-4-5-6/h6-8H,1-5,11H2,(H,12,15). The Balaban J connectivity index is 1.81. The molecule has 0 spiro atoms. The molecule has 2 aliphatic carbocycles. The van der Waals surface area contributed by atoms with Crippen LogP contribution in [0.2, 0.25) is 0 Å². The summed E-state index contributed by atoms with van der Waals surface area (Å²) in [4.78, 5) is 11.6. The van der Waals surface area contributed by atoms with Crippen molar-refractivity contribution < 1.29 is 0 Å². The molecule has 0 amide bonds. The van der Waals surface area contributed by atoms with Crippen LogP contribution in [-0.4, -0.2) is 26.1 Å². The van der Waals surface area contributed by atoms with Crippen LogP contribution in [-0.2, 0) is 0 Å². The minimum Gasteiger partial charge on any atom is -0.327 e. The molecule has 16 heavy (non-hydrogen) atoms. The Labute approximate surface area is 97.8 Å². The summed E-state index contributed by atoms with van der Waals surface area (Å²) in [5, 5.41) is 7.90. The number of thioether (sulfide) groups is 1. The van der Waals surface area contributed by atoms with Crippen molar-refractivity contribution in [1.29, 1.82) is 0 Å². The lowest BCUT2D eigenvalue weighted by atomic mass is 10.3. The van der Waals surface area contributed by atoms with Gasteiger partial charge in [-0.15, -0.1) is 5.10 Å². The molecular formula is C10H16N4OS. The predicted molar refractivity (Wildman–Crippen MR) is 62.6 cm³/mol. The van der Waals surface area contributed by atoms with Gasteiger partial charge in [-0.1, -0.05) is 18.2 Å². The number of nitrogens with one attached hydrogen (secondary N) is 1. The molecule has 0 radical (unpaired) electrons. The van der Waals surface area contributed by atoms with Crippen LogP contribution in [0.1, 0.15) is 38.1 Å². The van der Waals surface area contributed by atoms with Crippen molar-refractivity contribution in [2.24, 2.45) is 5.73 Å². The number of hydrogen-bond acceptors (Lipinski definition) is 4. The average Bonchev–Trinajstić information content (AvgIpc) is 2.92. The molecule has 1 aromatic rings. The van der Waals surface area contributed by atoms with E-state index in [4.69, 9.17) is 5.73 Å². The van der Waals surface area contributed by atoms with Crippen LogP contribution < -0.4 is 11.4 Å². The number of rotatable bonds is 3. The minimum atomic E-state index is -0.0726. The summed E-state index contributed by atoms with van der Waals surface area (Å²) < 4.78 is 1.80. The van der Waals surface area contributed by atoms with Gasteiger partial charge in [0.15, 0.2) is 5.16 Å². The van der Waals surface area contributed by atoms with Gasteiger partial charge in [0, 0.05) is 17.3 Å². The van der Waals surface area contributed by atoms with E-state index in [1.807, 2.05) is 0 Å². The molecule has 3 rings (SSSR count). The number of hydrogen-bond donors (Lipinski definition) is 2. The average molecular weight is 240 g/mol. The number of aromatic amines is 1. The topological polar surface area (TPSA) is 76.7 Å². The highest BCUT2D eigenvalue weighted by Crippen LogP contribution is 2.39. The lowest BCUT2D eigenvalue weighted by Gasteiger charge is -2.13. The number of H-pyrrole nitrogens is 1. The molecule has 2 atom stereocenters. The molecule has 6 heteroatoms. The smallest absolute Gasteiger partial charge is 0.327 e. The summed E-state index contributed by atoms with van der Waals surface area (Å²) in [6.45, 7) is 0. The molecule has 2 fully saturated rings. The maximum absolute atomic E-state index is 11.6. The van der Waals surface area contributed by atoms with Gasteiger partial charge in [-0.05, 0) is 25.7 Å². The Hall–Kier alpha value is -0.750. The zero-order valence-electron chi connectivity index (χ0n) is 9.06. The maximum atomic E-state index is 11.6. The Bertz CT molecular complexity index is 436. The molecule has 0 aliphatic heterocycles. The third-order valence-electron chi connectivity index (χ3n) is 3.34. The van der Waals surface area contributed by atoms with Crippen molar-refractivity contribution in [3.63, 3.8) is 0 Å². The van der Waals surface area contributed by atoms with Crippen molar-refractivity contribution in [3.8, 4) is 0 Å². The molecule has 0 saturated heterocycles. The summed E-state index contributed by atoms with van der Waals surface area (Å²) in [5.41, 5.74) is 5.96. The van der Waals surface area contributed by atoms with Gasteiger partial charge in [0.2, 0.25) is 0 Å². The normalized spacial score (nSPS) is 29.8. The monoisotopic (exact) mass is 240 g/mol. The molecule has 2 unspecified atom stereocenters. The van der Waals surface area contributed by atoms with Crippen LogP contribution in [0.3, 0.4) is 0 Å². The van der Waals surface area contributed by atoms with E-state index < -0.39 is 0 Å². The molecular weight excluding hydrogens is 224 g/mol. The Kier molecular flexibility index (Phi) is 2.55. The van der Waals surface area contributed by atoms with E-state index in [0.29, 0.717) is 11.3 Å². The van der Waals surface area contributed by atoms with Gasteiger partial charge in [-0.3, -0.25) is 4.57 Å². The van der Waals surface area contributed by atoms with Gasteiger partial charge < -0.3 is 5.73 Å². The van der Waals surface area contributed by atoms with E-state index in [1.165, 1.54) is 6.42 Å². The van der Waals surface area contributed by atoms with Crippen LogP contribution in [0.4, 0.5) is 0 Å². The minimum absolute atomic E-state index is 0.0726. The molecule has 1 aromatic heterocycles. The summed E-state index contributed by atoms with van der Waals surface area (Å²) in [6, 6.07) is 0.635. The largest absolute Gasteiger partial charge is 0.344 e. The Morgan fingerprint density at radius 1 is 1.38 bits per heavy atom. The van der Waals surface area contributed by atoms with Crippen molar-refractivity contribution in [2.75, 3.05) is 0 Å². The third kappa shape index (κ3) is 1.80. The number of nitrogens with zero attached hydrogens (tertiary/aromatic N) is 2. The van der Waals surface area contributed by atoms with Crippen molar-refractivity contribution >= 4 is 11.8 Å². The van der Waals surface area contributed by atoms with Crippen LogP contribution in [0, 0.1) is 0 Å². The fourth-order valence-corrected chi connectivity index (χ4v) is 3.57. The first-order valence-corrected chi connectivity index (χ1v) is 6.73. The number of nitrogens with two attached hydrogens (primary N) is 1. The fraction of sp³-hybridized carbons (Fsp3) is 0.800. The van der Waals surface area contributed by atoms with Crippen molar-refractivity contribution in [1.82, 2.24) is 14.8 Å². The van der Waals surface area contributed by atoms with Gasteiger partial charge in [-0.2, -0.15) is 0 Å². The molecule has 5 nitrogen and oxygen atoms in total. The summed E-state index contributed by atoms with van der Waals surface area (Å²) in [5.74, 6) is 0. The summed E-state index contributed by atoms with van der Waals surface area (Å²) in [7, 11) is 0. The second-order valence-electron chi connectivity index (χ2n) is 4.66. The van der Waals surface area contributed by atoms with Crippen molar-refractivity contribution in [3.05, 3.63) is 10.5 Å². The summed E-state index contributed by atoms with van der Waals surface area (Å²) >= 11 is 1.67. The third-order valence-corrected chi connectivity index (χ3v) is 4.73. The lowest BCUT2D eigenvalue weighted by molar-refractivity contribution is 0.637. The van der Waals surface area contributed by atoms with Crippen molar-refractivity contribution in [2.45, 2.75) is 54.6 Å². The van der Waals surface area contributed by atoms with E-state index in [-0.39, 0.29) is 11.7 Å². The van der Waals surface area contributed by atoms with Gasteiger partial charge in [0.05, 0.1) is 0 Å². The van der Waals surface area contributed by atoms with Gasteiger partial charge in [0.25, 0.3) is 0 Å².